The lowest BCUT2D eigenvalue weighted by Gasteiger charge is -2.08. The van der Waals surface area contributed by atoms with Crippen molar-refractivity contribution < 1.29 is 0 Å². The molecule has 0 nitrogen and oxygen atoms in total. The molecule has 0 N–H and O–H groups in total. The minimum absolute atomic E-state index is 0.789. The molecule has 1 saturated carbocycles. The first-order valence-corrected chi connectivity index (χ1v) is 5.15. The first-order chi connectivity index (χ1) is 6.16. The first-order valence-electron chi connectivity index (χ1n) is 4.78. The van der Waals surface area contributed by atoms with Crippen molar-refractivity contribution in [2.45, 2.75) is 32.6 Å². The van der Waals surface area contributed by atoms with E-state index in [1.807, 2.05) is 6.07 Å². The predicted molar refractivity (Wildman–Crippen MR) is 57.1 cm³/mol. The third-order valence-electron chi connectivity index (χ3n) is 2.55. The Bertz CT molecular complexity index is 291. The van der Waals surface area contributed by atoms with E-state index in [1.165, 1.54) is 29.9 Å². The second kappa shape index (κ2) is 3.34. The topological polar surface area (TPSA) is 0 Å². The third-order valence-corrected chi connectivity index (χ3v) is 2.76. The molecule has 1 radical (unpaired) electrons. The van der Waals surface area contributed by atoms with Gasteiger partial charge in [0.25, 0.3) is 0 Å². The predicted octanol–water partition coefficient (Wildman–Crippen LogP) is 4.18. The molecule has 1 heteroatoms. The highest BCUT2D eigenvalue weighted by molar-refractivity contribution is 6.30. The SMILES string of the molecule is C[C](C)c1cc(Cl)cc(C2CC2)c1. The van der Waals surface area contributed by atoms with Crippen LogP contribution in [0, 0.1) is 5.92 Å². The Labute approximate surface area is 84.9 Å². The Morgan fingerprint density at radius 3 is 2.46 bits per heavy atom. The lowest BCUT2D eigenvalue weighted by molar-refractivity contribution is 1.09. The van der Waals surface area contributed by atoms with E-state index >= 15 is 0 Å². The minimum atomic E-state index is 0.789. The molecule has 1 aromatic carbocycles. The molecular weight excluding hydrogens is 180 g/mol. The van der Waals surface area contributed by atoms with Gasteiger partial charge in [-0.15, -0.1) is 0 Å². The quantitative estimate of drug-likeness (QED) is 0.661. The Hall–Kier alpha value is -0.490. The Morgan fingerprint density at radius 1 is 1.23 bits per heavy atom. The van der Waals surface area contributed by atoms with Gasteiger partial charge in [0, 0.05) is 5.02 Å². The van der Waals surface area contributed by atoms with Crippen molar-refractivity contribution in [3.05, 3.63) is 40.3 Å². The highest BCUT2D eigenvalue weighted by Crippen LogP contribution is 2.41. The van der Waals surface area contributed by atoms with Gasteiger partial charge in [0.15, 0.2) is 0 Å². The average molecular weight is 194 g/mol. The van der Waals surface area contributed by atoms with Crippen LogP contribution in [0.5, 0.6) is 0 Å². The fourth-order valence-corrected chi connectivity index (χ4v) is 1.80. The smallest absolute Gasteiger partial charge is 0.0411 e. The zero-order chi connectivity index (χ0) is 9.42. The second-order valence-corrected chi connectivity index (χ2v) is 4.48. The van der Waals surface area contributed by atoms with E-state index in [9.17, 15) is 0 Å². The summed E-state index contributed by atoms with van der Waals surface area (Å²) in [6, 6.07) is 6.42. The highest BCUT2D eigenvalue weighted by atomic mass is 35.5. The van der Waals surface area contributed by atoms with Crippen molar-refractivity contribution in [1.29, 1.82) is 0 Å². The van der Waals surface area contributed by atoms with Crippen LogP contribution in [0.4, 0.5) is 0 Å². The van der Waals surface area contributed by atoms with Crippen molar-refractivity contribution in [1.82, 2.24) is 0 Å². The zero-order valence-electron chi connectivity index (χ0n) is 8.10. The van der Waals surface area contributed by atoms with E-state index in [0.717, 1.165) is 10.9 Å². The van der Waals surface area contributed by atoms with Crippen LogP contribution >= 0.6 is 11.6 Å². The third kappa shape index (κ3) is 2.05. The largest absolute Gasteiger partial charge is 0.0843 e. The molecule has 0 spiro atoms. The summed E-state index contributed by atoms with van der Waals surface area (Å²) in [4.78, 5) is 0. The molecule has 13 heavy (non-hydrogen) atoms. The molecule has 0 atom stereocenters. The summed E-state index contributed by atoms with van der Waals surface area (Å²) in [6.07, 6.45) is 2.67. The lowest BCUT2D eigenvalue weighted by Crippen LogP contribution is -1.90. The summed E-state index contributed by atoms with van der Waals surface area (Å²) in [5.74, 6) is 2.13. The molecule has 1 fully saturated rings. The van der Waals surface area contributed by atoms with E-state index < -0.39 is 0 Å². The van der Waals surface area contributed by atoms with E-state index in [1.54, 1.807) is 0 Å². The summed E-state index contributed by atoms with van der Waals surface area (Å²) in [6.45, 7) is 4.25. The first kappa shape index (κ1) is 9.08. The molecule has 1 aliphatic rings. The molecule has 1 aliphatic carbocycles. The summed E-state index contributed by atoms with van der Waals surface area (Å²) < 4.78 is 0. The molecule has 0 bridgehead atoms. The monoisotopic (exact) mass is 193 g/mol. The number of hydrogen-bond acceptors (Lipinski definition) is 0. The fraction of sp³-hybridized carbons (Fsp3) is 0.417. The maximum absolute atomic E-state index is 6.05. The Morgan fingerprint density at radius 2 is 1.92 bits per heavy atom. The standard InChI is InChI=1S/C12H14Cl/c1-8(2)10-5-11(9-3-4-9)7-12(13)6-10/h5-7,9H,3-4H2,1-2H3. The molecule has 0 saturated heterocycles. The molecule has 69 valence electrons. The van der Waals surface area contributed by atoms with Crippen molar-refractivity contribution in [2.75, 3.05) is 0 Å². The van der Waals surface area contributed by atoms with Gasteiger partial charge in [-0.2, -0.15) is 0 Å². The summed E-state index contributed by atoms with van der Waals surface area (Å²) in [5.41, 5.74) is 2.71. The Balaban J connectivity index is 2.36. The normalized spacial score (nSPS) is 16.6. The highest BCUT2D eigenvalue weighted by Gasteiger charge is 2.24. The van der Waals surface area contributed by atoms with Crippen molar-refractivity contribution in [2.24, 2.45) is 0 Å². The molecular formula is C12H14Cl. The van der Waals surface area contributed by atoms with Crippen LogP contribution in [0.25, 0.3) is 0 Å². The summed E-state index contributed by atoms with van der Waals surface area (Å²) in [7, 11) is 0. The van der Waals surface area contributed by atoms with Crippen LogP contribution in [0.1, 0.15) is 43.7 Å². The number of rotatable bonds is 2. The van der Waals surface area contributed by atoms with Gasteiger partial charge in [-0.25, -0.2) is 0 Å². The van der Waals surface area contributed by atoms with E-state index in [2.05, 4.69) is 26.0 Å². The van der Waals surface area contributed by atoms with Gasteiger partial charge in [-0.1, -0.05) is 31.5 Å². The van der Waals surface area contributed by atoms with E-state index in [4.69, 9.17) is 11.6 Å². The number of hydrogen-bond donors (Lipinski definition) is 0. The van der Waals surface area contributed by atoms with E-state index in [-0.39, 0.29) is 0 Å². The van der Waals surface area contributed by atoms with Crippen LogP contribution in [-0.4, -0.2) is 0 Å². The molecule has 0 aliphatic heterocycles. The molecule has 0 heterocycles. The van der Waals surface area contributed by atoms with Crippen LogP contribution < -0.4 is 0 Å². The van der Waals surface area contributed by atoms with Gasteiger partial charge >= 0.3 is 0 Å². The zero-order valence-corrected chi connectivity index (χ0v) is 8.86. The van der Waals surface area contributed by atoms with Gasteiger partial charge in [-0.3, -0.25) is 0 Å². The molecule has 0 aromatic heterocycles. The van der Waals surface area contributed by atoms with Crippen LogP contribution in [-0.2, 0) is 0 Å². The van der Waals surface area contributed by atoms with Crippen molar-refractivity contribution in [3.63, 3.8) is 0 Å². The van der Waals surface area contributed by atoms with Gasteiger partial charge in [0.1, 0.15) is 0 Å². The van der Waals surface area contributed by atoms with E-state index in [0.29, 0.717) is 0 Å². The van der Waals surface area contributed by atoms with Crippen molar-refractivity contribution in [3.8, 4) is 0 Å². The maximum atomic E-state index is 6.05. The molecule has 0 amide bonds. The van der Waals surface area contributed by atoms with Crippen molar-refractivity contribution >= 4 is 11.6 Å². The molecule has 0 unspecified atom stereocenters. The fourth-order valence-electron chi connectivity index (χ4n) is 1.55. The van der Waals surface area contributed by atoms with Gasteiger partial charge < -0.3 is 0 Å². The lowest BCUT2D eigenvalue weighted by atomic mass is 9.99. The van der Waals surface area contributed by atoms with Gasteiger partial charge in [0.05, 0.1) is 0 Å². The second-order valence-electron chi connectivity index (χ2n) is 4.05. The maximum Gasteiger partial charge on any atom is 0.0411 e. The van der Waals surface area contributed by atoms with Crippen LogP contribution in [0.15, 0.2) is 18.2 Å². The Kier molecular flexibility index (Phi) is 2.33. The van der Waals surface area contributed by atoms with Crippen LogP contribution in [0.3, 0.4) is 0 Å². The summed E-state index contributed by atoms with van der Waals surface area (Å²) in [5, 5.41) is 0.876. The number of halogens is 1. The van der Waals surface area contributed by atoms with Crippen LogP contribution in [0.2, 0.25) is 5.02 Å². The van der Waals surface area contributed by atoms with Gasteiger partial charge in [0.2, 0.25) is 0 Å². The van der Waals surface area contributed by atoms with Gasteiger partial charge in [-0.05, 0) is 47.9 Å². The minimum Gasteiger partial charge on any atom is -0.0843 e. The molecule has 1 aromatic rings. The number of benzene rings is 1. The molecule has 2 rings (SSSR count). The average Bonchev–Trinajstić information content (AvgIpc) is 2.85. The summed E-state index contributed by atoms with van der Waals surface area (Å²) >= 11 is 6.05.